The van der Waals surface area contributed by atoms with Gasteiger partial charge in [-0.3, -0.25) is 14.2 Å². The van der Waals surface area contributed by atoms with Gasteiger partial charge in [0.05, 0.1) is 41.3 Å². The maximum absolute atomic E-state index is 13.3. The molecular formula is C24H23N3O4S. The van der Waals surface area contributed by atoms with Crippen LogP contribution in [-0.2, 0) is 4.79 Å². The van der Waals surface area contributed by atoms with Gasteiger partial charge in [-0.25, -0.2) is 4.98 Å². The maximum Gasteiger partial charge on any atom is 0.266 e. The number of hydrogen-bond donors (Lipinski definition) is 1. The topological polar surface area (TPSA) is 86.4 Å². The average Bonchev–Trinajstić information content (AvgIpc) is 3.34. The fourth-order valence-electron chi connectivity index (χ4n) is 3.32. The van der Waals surface area contributed by atoms with Crippen molar-refractivity contribution in [2.45, 2.75) is 25.0 Å². The molecule has 32 heavy (non-hydrogen) atoms. The van der Waals surface area contributed by atoms with Crippen LogP contribution in [0.4, 0.5) is 0 Å². The van der Waals surface area contributed by atoms with Gasteiger partial charge in [0.15, 0.2) is 5.16 Å². The number of amides is 1. The monoisotopic (exact) mass is 449 g/mol. The molecule has 0 spiro atoms. The van der Waals surface area contributed by atoms with Crippen molar-refractivity contribution < 1.29 is 13.9 Å². The van der Waals surface area contributed by atoms with Gasteiger partial charge in [0.25, 0.3) is 5.56 Å². The molecule has 0 aliphatic carbocycles. The number of aromatic nitrogens is 2. The molecule has 4 aromatic rings. The summed E-state index contributed by atoms with van der Waals surface area (Å²) in [5, 5.41) is 3.86. The molecule has 2 heterocycles. The smallest absolute Gasteiger partial charge is 0.266 e. The third kappa shape index (κ3) is 4.70. The number of para-hydroxylation sites is 1. The minimum absolute atomic E-state index is 0.104. The quantitative estimate of drug-likeness (QED) is 0.318. The van der Waals surface area contributed by atoms with Gasteiger partial charge in [-0.15, -0.1) is 0 Å². The van der Waals surface area contributed by atoms with E-state index in [1.807, 2.05) is 56.3 Å². The number of thioether (sulfide) groups is 1. The largest absolute Gasteiger partial charge is 0.494 e. The molecule has 0 fully saturated rings. The predicted molar refractivity (Wildman–Crippen MR) is 124 cm³/mol. The molecule has 1 unspecified atom stereocenters. The Labute approximate surface area is 189 Å². The number of hydrogen-bond acceptors (Lipinski definition) is 6. The lowest BCUT2D eigenvalue weighted by Crippen LogP contribution is -2.28. The fraction of sp³-hybridized carbons (Fsp3) is 0.208. The molecule has 0 saturated heterocycles. The van der Waals surface area contributed by atoms with E-state index in [0.717, 1.165) is 5.75 Å². The Balaban J connectivity index is 1.63. The van der Waals surface area contributed by atoms with Crippen LogP contribution in [0.2, 0.25) is 0 Å². The number of benzene rings is 2. The second-order valence-corrected chi connectivity index (χ2v) is 8.01. The zero-order valence-electron chi connectivity index (χ0n) is 17.8. The zero-order valence-corrected chi connectivity index (χ0v) is 18.6. The highest BCUT2D eigenvalue weighted by atomic mass is 32.2. The number of nitrogens with zero attached hydrogens (tertiary/aromatic N) is 2. The summed E-state index contributed by atoms with van der Waals surface area (Å²) < 4.78 is 12.4. The van der Waals surface area contributed by atoms with Crippen LogP contribution in [0.3, 0.4) is 0 Å². The van der Waals surface area contributed by atoms with E-state index >= 15 is 0 Å². The molecule has 2 aromatic heterocycles. The molecule has 1 amide bonds. The van der Waals surface area contributed by atoms with E-state index in [4.69, 9.17) is 9.15 Å². The van der Waals surface area contributed by atoms with Crippen LogP contribution in [-0.4, -0.2) is 27.8 Å². The number of fused-ring (bicyclic) bond motifs is 1. The Bertz CT molecular complexity index is 1270. The molecule has 1 N–H and O–H groups in total. The van der Waals surface area contributed by atoms with Crippen molar-refractivity contribution in [3.05, 3.63) is 83.0 Å². The van der Waals surface area contributed by atoms with Crippen molar-refractivity contribution in [1.29, 1.82) is 0 Å². The Morgan fingerprint density at radius 1 is 1.16 bits per heavy atom. The molecule has 4 rings (SSSR count). The van der Waals surface area contributed by atoms with Crippen molar-refractivity contribution in [2.24, 2.45) is 0 Å². The summed E-state index contributed by atoms with van der Waals surface area (Å²) >= 11 is 1.21. The molecule has 0 bridgehead atoms. The highest BCUT2D eigenvalue weighted by Crippen LogP contribution is 2.23. The van der Waals surface area contributed by atoms with Gasteiger partial charge in [0, 0.05) is 0 Å². The molecular weight excluding hydrogens is 426 g/mol. The minimum atomic E-state index is -0.254. The predicted octanol–water partition coefficient (Wildman–Crippen LogP) is 4.35. The Hall–Kier alpha value is -3.52. The number of rotatable bonds is 8. The number of ether oxygens (including phenoxy) is 1. The van der Waals surface area contributed by atoms with Crippen LogP contribution in [0, 0.1) is 0 Å². The molecule has 0 saturated carbocycles. The van der Waals surface area contributed by atoms with Crippen molar-refractivity contribution >= 4 is 28.6 Å². The molecule has 0 aliphatic rings. The van der Waals surface area contributed by atoms with E-state index in [1.165, 1.54) is 16.3 Å². The Kier molecular flexibility index (Phi) is 6.61. The van der Waals surface area contributed by atoms with Crippen LogP contribution in [0.15, 0.2) is 81.3 Å². The van der Waals surface area contributed by atoms with Crippen molar-refractivity contribution in [2.75, 3.05) is 12.4 Å². The standard InChI is InChI=1S/C24H23N3O4S/c1-3-30-18-12-10-17(11-13-18)27-23(29)19-7-4-5-8-20(19)26-24(27)32-15-22(28)25-16(2)21-9-6-14-31-21/h4-14,16H,3,15H2,1-2H3,(H,25,28). The number of carbonyl (C=O) groups excluding carboxylic acids is 1. The third-order valence-electron chi connectivity index (χ3n) is 4.83. The van der Waals surface area contributed by atoms with Crippen LogP contribution < -0.4 is 15.6 Å². The zero-order chi connectivity index (χ0) is 22.5. The Morgan fingerprint density at radius 2 is 1.94 bits per heavy atom. The van der Waals surface area contributed by atoms with E-state index in [2.05, 4.69) is 10.3 Å². The first-order valence-electron chi connectivity index (χ1n) is 10.3. The highest BCUT2D eigenvalue weighted by Gasteiger charge is 2.17. The summed E-state index contributed by atoms with van der Waals surface area (Å²) in [5.41, 5.74) is 1.06. The molecule has 7 nitrogen and oxygen atoms in total. The summed E-state index contributed by atoms with van der Waals surface area (Å²) in [6, 6.07) is 17.8. The molecule has 164 valence electrons. The number of nitrogens with one attached hydrogen (secondary N) is 1. The summed E-state index contributed by atoms with van der Waals surface area (Å²) in [7, 11) is 0. The van der Waals surface area contributed by atoms with Crippen LogP contribution in [0.1, 0.15) is 25.6 Å². The van der Waals surface area contributed by atoms with Gasteiger partial charge in [-0.1, -0.05) is 23.9 Å². The van der Waals surface area contributed by atoms with E-state index in [9.17, 15) is 9.59 Å². The van der Waals surface area contributed by atoms with Crippen LogP contribution >= 0.6 is 11.8 Å². The molecule has 1 atom stereocenters. The van der Waals surface area contributed by atoms with Gasteiger partial charge in [-0.2, -0.15) is 0 Å². The molecule has 0 radical (unpaired) electrons. The van der Waals surface area contributed by atoms with Crippen molar-refractivity contribution in [1.82, 2.24) is 14.9 Å². The van der Waals surface area contributed by atoms with Crippen molar-refractivity contribution in [3.63, 3.8) is 0 Å². The lowest BCUT2D eigenvalue weighted by atomic mass is 10.2. The average molecular weight is 450 g/mol. The first-order valence-corrected chi connectivity index (χ1v) is 11.3. The summed E-state index contributed by atoms with van der Waals surface area (Å²) in [5.74, 6) is 1.32. The minimum Gasteiger partial charge on any atom is -0.494 e. The lowest BCUT2D eigenvalue weighted by molar-refractivity contribution is -0.119. The molecule has 0 aliphatic heterocycles. The van der Waals surface area contributed by atoms with Gasteiger partial charge in [0.2, 0.25) is 5.91 Å². The van der Waals surface area contributed by atoms with E-state index < -0.39 is 0 Å². The summed E-state index contributed by atoms with van der Waals surface area (Å²) in [4.78, 5) is 30.5. The van der Waals surface area contributed by atoms with Gasteiger partial charge in [0.1, 0.15) is 11.5 Å². The summed E-state index contributed by atoms with van der Waals surface area (Å²) in [6.07, 6.45) is 1.57. The second-order valence-electron chi connectivity index (χ2n) is 7.07. The molecule has 8 heteroatoms. The fourth-order valence-corrected chi connectivity index (χ4v) is 4.14. The molecule has 2 aromatic carbocycles. The van der Waals surface area contributed by atoms with Crippen LogP contribution in [0.25, 0.3) is 16.6 Å². The SMILES string of the molecule is CCOc1ccc(-n2c(SCC(=O)NC(C)c3ccco3)nc3ccccc3c2=O)cc1. The normalized spacial score (nSPS) is 11.9. The van der Waals surface area contributed by atoms with E-state index in [-0.39, 0.29) is 23.3 Å². The Morgan fingerprint density at radius 3 is 2.66 bits per heavy atom. The number of carbonyl (C=O) groups is 1. The second kappa shape index (κ2) is 9.74. The van der Waals surface area contributed by atoms with Crippen molar-refractivity contribution in [3.8, 4) is 11.4 Å². The van der Waals surface area contributed by atoms with E-state index in [0.29, 0.717) is 34.1 Å². The highest BCUT2D eigenvalue weighted by molar-refractivity contribution is 7.99. The third-order valence-corrected chi connectivity index (χ3v) is 5.77. The maximum atomic E-state index is 13.3. The lowest BCUT2D eigenvalue weighted by Gasteiger charge is -2.15. The van der Waals surface area contributed by atoms with E-state index in [1.54, 1.807) is 24.5 Å². The first kappa shape index (κ1) is 21.7. The van der Waals surface area contributed by atoms with Gasteiger partial charge >= 0.3 is 0 Å². The first-order chi connectivity index (χ1) is 15.6. The number of furan rings is 1. The summed E-state index contributed by atoms with van der Waals surface area (Å²) in [6.45, 7) is 4.33. The van der Waals surface area contributed by atoms with Gasteiger partial charge in [-0.05, 0) is 62.4 Å². The van der Waals surface area contributed by atoms with Crippen LogP contribution in [0.5, 0.6) is 5.75 Å². The van der Waals surface area contributed by atoms with Gasteiger partial charge < -0.3 is 14.5 Å².